The molecule has 2 unspecified atom stereocenters. The fraction of sp³-hybridized carbons (Fsp3) is 0.400. The molecule has 15 nitrogen and oxygen atoms in total. The molecule has 0 amide bonds. The van der Waals surface area contributed by atoms with Crippen LogP contribution in [0.25, 0.3) is 33.8 Å². The third kappa shape index (κ3) is 11.9. The van der Waals surface area contributed by atoms with E-state index in [0.717, 1.165) is 92.0 Å². The van der Waals surface area contributed by atoms with Crippen molar-refractivity contribution in [1.29, 1.82) is 0 Å². The van der Waals surface area contributed by atoms with Gasteiger partial charge in [-0.05, 0) is 94.2 Å². The summed E-state index contributed by atoms with van der Waals surface area (Å²) in [5.41, 5.74) is 5.91. The van der Waals surface area contributed by atoms with Gasteiger partial charge in [0, 0.05) is 72.6 Å². The minimum Gasteiger partial charge on any atom is -0.461 e. The van der Waals surface area contributed by atoms with E-state index in [2.05, 4.69) is 29.9 Å². The number of pyridine rings is 6. The van der Waals surface area contributed by atoms with Crippen LogP contribution in [0.2, 0.25) is 0 Å². The van der Waals surface area contributed by atoms with E-state index in [0.29, 0.717) is 53.0 Å². The van der Waals surface area contributed by atoms with Crippen molar-refractivity contribution in [2.24, 2.45) is 0 Å². The van der Waals surface area contributed by atoms with Crippen molar-refractivity contribution in [3.63, 3.8) is 0 Å². The number of carbonyl (C=O) groups is 3. The lowest BCUT2D eigenvalue weighted by Gasteiger charge is -2.25. The number of hydrogen-bond acceptors (Lipinski definition) is 16. The molecule has 410 valence electrons. The highest BCUT2D eigenvalue weighted by atomic mass is 32.2. The average molecular weight is 1110 g/mol. The summed E-state index contributed by atoms with van der Waals surface area (Å²) in [5, 5.41) is 0. The van der Waals surface area contributed by atoms with E-state index in [1.54, 1.807) is 20.8 Å². The Morgan fingerprint density at radius 3 is 1.00 bits per heavy atom. The molecule has 6 aliphatic rings. The number of fused-ring (bicyclic) bond motifs is 12. The predicted molar refractivity (Wildman–Crippen MR) is 266 cm³/mol. The summed E-state index contributed by atoms with van der Waals surface area (Å²) in [6.07, 6.45) is 10.5. The minimum absolute atomic E-state index is 0.00639. The van der Waals surface area contributed by atoms with Crippen molar-refractivity contribution in [2.75, 3.05) is 26.1 Å². The summed E-state index contributed by atoms with van der Waals surface area (Å²) < 4.78 is 126. The number of aromatic nitrogens is 6. The van der Waals surface area contributed by atoms with Gasteiger partial charge < -0.3 is 28.4 Å². The third-order valence-corrected chi connectivity index (χ3v) is 13.6. The maximum atomic E-state index is 14.3. The summed E-state index contributed by atoms with van der Waals surface area (Å²) in [6.45, 7) is 5.71. The molecule has 6 aromatic heterocycles. The van der Waals surface area contributed by atoms with Crippen LogP contribution in [0, 0.1) is 34.9 Å². The Kier molecular flexibility index (Phi) is 17.4. The van der Waals surface area contributed by atoms with Crippen LogP contribution in [0.3, 0.4) is 0 Å². The number of esters is 3. The normalized spacial score (nSPS) is 20.5. The fourth-order valence-electron chi connectivity index (χ4n) is 10.5. The van der Waals surface area contributed by atoms with Gasteiger partial charge >= 0.3 is 17.9 Å². The lowest BCUT2D eigenvalue weighted by atomic mass is 9.94. The van der Waals surface area contributed by atoms with Crippen molar-refractivity contribution in [2.45, 2.75) is 115 Å². The number of nitrogens with zero attached hydrogens (tertiary/aromatic N) is 6. The van der Waals surface area contributed by atoms with E-state index < -0.39 is 52.8 Å². The summed E-state index contributed by atoms with van der Waals surface area (Å²) >= 11 is 0.250. The van der Waals surface area contributed by atoms with Crippen LogP contribution < -0.4 is 0 Å². The molecule has 6 atom stereocenters. The molecule has 0 aromatic carbocycles. The van der Waals surface area contributed by atoms with Gasteiger partial charge in [-0.2, -0.15) is 3.89 Å². The van der Waals surface area contributed by atoms with Gasteiger partial charge in [-0.15, -0.1) is 0 Å². The summed E-state index contributed by atoms with van der Waals surface area (Å²) in [7, 11) is 0. The minimum atomic E-state index is -0.776. The molecule has 0 spiro atoms. The van der Waals surface area contributed by atoms with Gasteiger partial charge in [-0.3, -0.25) is 15.0 Å². The Hall–Kier alpha value is -6.95. The maximum absolute atomic E-state index is 14.3. The first-order valence-corrected chi connectivity index (χ1v) is 26.4. The molecule has 0 aliphatic carbocycles. The smallest absolute Gasteiger partial charge is 0.356 e. The van der Waals surface area contributed by atoms with Gasteiger partial charge in [0.25, 0.3) is 0 Å². The Labute approximate surface area is 447 Å². The molecule has 12 rings (SSSR count). The molecule has 3 fully saturated rings. The van der Waals surface area contributed by atoms with Crippen LogP contribution in [0.4, 0.5) is 30.2 Å². The molecule has 12 heterocycles. The second-order valence-corrected chi connectivity index (χ2v) is 18.9. The largest absolute Gasteiger partial charge is 0.461 e. The highest BCUT2D eigenvalue weighted by Gasteiger charge is 2.41. The summed E-state index contributed by atoms with van der Waals surface area (Å²) in [6, 6.07) is 6.79. The van der Waals surface area contributed by atoms with E-state index in [9.17, 15) is 44.6 Å². The zero-order valence-electron chi connectivity index (χ0n) is 42.6. The predicted octanol–water partition coefficient (Wildman–Crippen LogP) is 11.4. The molecule has 6 bridgehead atoms. The first-order valence-electron chi connectivity index (χ1n) is 25.3. The van der Waals surface area contributed by atoms with Crippen LogP contribution in [-0.4, -0.2) is 92.2 Å². The van der Waals surface area contributed by atoms with Crippen molar-refractivity contribution in [3.8, 4) is 33.8 Å². The Morgan fingerprint density at radius 2 is 0.756 bits per heavy atom. The van der Waals surface area contributed by atoms with Gasteiger partial charge in [-0.1, -0.05) is 0 Å². The molecule has 23 heteroatoms. The maximum Gasteiger partial charge on any atom is 0.356 e. The monoisotopic (exact) mass is 1100 g/mol. The van der Waals surface area contributed by atoms with Gasteiger partial charge in [0.15, 0.2) is 17.5 Å². The molecule has 0 N–H and O–H groups in total. The van der Waals surface area contributed by atoms with Crippen molar-refractivity contribution in [1.82, 2.24) is 29.9 Å². The van der Waals surface area contributed by atoms with Crippen molar-refractivity contribution < 1.29 is 73.0 Å². The number of ether oxygens (including phenoxy) is 6. The molecule has 78 heavy (non-hydrogen) atoms. The number of hydrogen-bond donors (Lipinski definition) is 0. The van der Waals surface area contributed by atoms with Crippen LogP contribution in [-0.2, 0) is 47.7 Å². The topological polar surface area (TPSA) is 184 Å². The van der Waals surface area contributed by atoms with Crippen LogP contribution >= 0.6 is 12.1 Å². The lowest BCUT2D eigenvalue weighted by Crippen LogP contribution is -2.22. The SMILES string of the molecule is CCOC(=O)c1cc(-c2ncc(F)cc2F)c2c(n1)C1CCC(C2)O1.CCOC(=O)c1cc(-c2ncc(F)cc2F)c2c(n1)[C@@H]1CC[C@H](C2)O1.CCOC(=O)c1cc(-c2ncc(F)cc2F)c2c(n1)[C@H]1CC[C@@H](C2)O1.CSF. The second kappa shape index (κ2) is 24.4. The van der Waals surface area contributed by atoms with Crippen LogP contribution in [0.5, 0.6) is 0 Å². The quantitative estimate of drug-likeness (QED) is 0.0756. The van der Waals surface area contributed by atoms with Crippen LogP contribution in [0.1, 0.15) is 143 Å². The molecule has 6 aromatic rings. The molecular formula is C55H51F7N6O9S. The van der Waals surface area contributed by atoms with Gasteiger partial charge in [-0.25, -0.2) is 55.7 Å². The van der Waals surface area contributed by atoms with E-state index in [1.807, 2.05) is 0 Å². The highest BCUT2D eigenvalue weighted by Crippen LogP contribution is 2.47. The molecule has 0 saturated carbocycles. The van der Waals surface area contributed by atoms with Gasteiger partial charge in [0.1, 0.15) is 69.9 Å². The molecule has 3 saturated heterocycles. The van der Waals surface area contributed by atoms with Gasteiger partial charge in [0.05, 0.1) is 73.8 Å². The van der Waals surface area contributed by atoms with Gasteiger partial charge in [0.2, 0.25) is 0 Å². The molecular weight excluding hydrogens is 1050 g/mol. The third-order valence-electron chi connectivity index (χ3n) is 13.6. The second-order valence-electron chi connectivity index (χ2n) is 18.6. The Bertz CT molecular complexity index is 2930. The summed E-state index contributed by atoms with van der Waals surface area (Å²) in [4.78, 5) is 61.4. The number of carbonyl (C=O) groups excluding carboxylic acids is 3. The van der Waals surface area contributed by atoms with Crippen molar-refractivity contribution >= 4 is 30.1 Å². The molecule has 6 aliphatic heterocycles. The van der Waals surface area contributed by atoms with Crippen molar-refractivity contribution in [3.05, 3.63) is 141 Å². The first-order chi connectivity index (χ1) is 37.6. The zero-order chi connectivity index (χ0) is 55.4. The first kappa shape index (κ1) is 55.8. The Balaban J connectivity index is 0.000000139. The fourth-order valence-corrected chi connectivity index (χ4v) is 10.5. The van der Waals surface area contributed by atoms with E-state index >= 15 is 0 Å². The number of rotatable bonds is 9. The lowest BCUT2D eigenvalue weighted by molar-refractivity contribution is 0.0288. The summed E-state index contributed by atoms with van der Waals surface area (Å²) in [5.74, 6) is -6.35. The standard InChI is InChI=1S/3C18H16F2N2O3.CH3FS/c3*1-2-24-18(23)14-7-12(16-13(20)5-9(19)8-21-16)11-6-10-3-4-15(25-10)17(11)22-14;1-3-2/h3*5,7-8,10,15H,2-4,6H2,1H3;1H3/t2*10-,15+;;/m10../s1. The van der Waals surface area contributed by atoms with Crippen LogP contribution in [0.15, 0.2) is 55.0 Å². The number of halogens is 7. The van der Waals surface area contributed by atoms with E-state index in [-0.39, 0.29) is 103 Å². The van der Waals surface area contributed by atoms with E-state index in [4.69, 9.17) is 28.4 Å². The molecule has 0 radical (unpaired) electrons. The zero-order valence-corrected chi connectivity index (χ0v) is 43.4. The Morgan fingerprint density at radius 1 is 0.487 bits per heavy atom. The van der Waals surface area contributed by atoms with E-state index in [1.165, 1.54) is 24.5 Å². The highest BCUT2D eigenvalue weighted by molar-refractivity contribution is 7.93. The average Bonchev–Trinajstić information content (AvgIpc) is 4.30.